The van der Waals surface area contributed by atoms with Gasteiger partial charge in [0.15, 0.2) is 0 Å². The molecule has 0 aromatic heterocycles. The fraction of sp³-hybridized carbons (Fsp3) is 0.929. The van der Waals surface area contributed by atoms with Crippen molar-refractivity contribution in [2.45, 2.75) is 58.2 Å². The van der Waals surface area contributed by atoms with E-state index >= 15 is 0 Å². The summed E-state index contributed by atoms with van der Waals surface area (Å²) in [4.78, 5) is 13.8. The van der Waals surface area contributed by atoms with Crippen molar-refractivity contribution in [2.24, 2.45) is 5.73 Å². The zero-order chi connectivity index (χ0) is 14.3. The number of carbonyl (C=O) groups excluding carboxylic acids is 1. The summed E-state index contributed by atoms with van der Waals surface area (Å²) < 4.78 is 5.81. The Morgan fingerprint density at radius 1 is 1.53 bits per heavy atom. The number of hydrogen-bond acceptors (Lipinski definition) is 4. The smallest absolute Gasteiger partial charge is 0.235 e. The summed E-state index contributed by atoms with van der Waals surface area (Å²) in [6.07, 6.45) is 3.60. The van der Waals surface area contributed by atoms with Crippen LogP contribution in [0.15, 0.2) is 0 Å². The number of hydrogen-bond donors (Lipinski definition) is 2. The molecular formula is C14H29N3O2. The quantitative estimate of drug-likeness (QED) is 0.683. The SMILES string of the molecule is CCCOC1CCCN(CC(NC(C)C)C(N)=O)C1. The van der Waals surface area contributed by atoms with Gasteiger partial charge < -0.3 is 15.8 Å². The number of nitrogens with zero attached hydrogens (tertiary/aromatic N) is 1. The first-order valence-corrected chi connectivity index (χ1v) is 7.42. The molecule has 5 heteroatoms. The van der Waals surface area contributed by atoms with Crippen LogP contribution >= 0.6 is 0 Å². The van der Waals surface area contributed by atoms with E-state index in [2.05, 4.69) is 17.1 Å². The van der Waals surface area contributed by atoms with Gasteiger partial charge in [0.1, 0.15) is 0 Å². The molecule has 0 spiro atoms. The van der Waals surface area contributed by atoms with Gasteiger partial charge in [0.25, 0.3) is 0 Å². The molecule has 1 fully saturated rings. The average Bonchev–Trinajstić information content (AvgIpc) is 2.35. The standard InChI is InChI=1S/C14H29N3O2/c1-4-8-19-12-6-5-7-17(9-12)10-13(14(15)18)16-11(2)3/h11-13,16H,4-10H2,1-3H3,(H2,15,18). The minimum Gasteiger partial charge on any atom is -0.377 e. The second-order valence-electron chi connectivity index (χ2n) is 5.67. The molecule has 2 atom stereocenters. The summed E-state index contributed by atoms with van der Waals surface area (Å²) in [6, 6.07) is -0.0145. The number of likely N-dealkylation sites (tertiary alicyclic amines) is 1. The number of primary amides is 1. The first-order chi connectivity index (χ1) is 9.02. The normalized spacial score (nSPS) is 22.6. The maximum absolute atomic E-state index is 11.5. The fourth-order valence-corrected chi connectivity index (χ4v) is 2.48. The van der Waals surface area contributed by atoms with Crippen LogP contribution in [-0.2, 0) is 9.53 Å². The van der Waals surface area contributed by atoms with Crippen LogP contribution in [0.25, 0.3) is 0 Å². The summed E-state index contributed by atoms with van der Waals surface area (Å²) >= 11 is 0. The van der Waals surface area contributed by atoms with E-state index in [1.165, 1.54) is 0 Å². The van der Waals surface area contributed by atoms with E-state index < -0.39 is 0 Å². The van der Waals surface area contributed by atoms with E-state index in [-0.39, 0.29) is 18.0 Å². The molecule has 1 amide bonds. The highest BCUT2D eigenvalue weighted by atomic mass is 16.5. The predicted molar refractivity (Wildman–Crippen MR) is 77.0 cm³/mol. The third-order valence-electron chi connectivity index (χ3n) is 3.34. The van der Waals surface area contributed by atoms with Gasteiger partial charge in [0.05, 0.1) is 12.1 Å². The summed E-state index contributed by atoms with van der Waals surface area (Å²) in [7, 11) is 0. The molecule has 1 aliphatic heterocycles. The van der Waals surface area contributed by atoms with Crippen LogP contribution in [0.1, 0.15) is 40.0 Å². The van der Waals surface area contributed by atoms with Crippen molar-refractivity contribution in [1.29, 1.82) is 0 Å². The van der Waals surface area contributed by atoms with E-state index in [9.17, 15) is 4.79 Å². The third kappa shape index (κ3) is 6.36. The van der Waals surface area contributed by atoms with Crippen molar-refractivity contribution in [3.8, 4) is 0 Å². The van der Waals surface area contributed by atoms with Gasteiger partial charge in [-0.05, 0) is 25.8 Å². The zero-order valence-corrected chi connectivity index (χ0v) is 12.5. The first-order valence-electron chi connectivity index (χ1n) is 7.42. The van der Waals surface area contributed by atoms with Crippen LogP contribution < -0.4 is 11.1 Å². The molecule has 0 aliphatic carbocycles. The molecule has 0 aromatic rings. The molecular weight excluding hydrogens is 242 g/mol. The number of ether oxygens (including phenoxy) is 1. The molecule has 5 nitrogen and oxygen atoms in total. The van der Waals surface area contributed by atoms with Crippen molar-refractivity contribution >= 4 is 5.91 Å². The molecule has 1 aliphatic rings. The minimum atomic E-state index is -0.273. The molecule has 0 radical (unpaired) electrons. The van der Waals surface area contributed by atoms with Gasteiger partial charge >= 0.3 is 0 Å². The fourth-order valence-electron chi connectivity index (χ4n) is 2.48. The van der Waals surface area contributed by atoms with Gasteiger partial charge in [-0.1, -0.05) is 20.8 Å². The van der Waals surface area contributed by atoms with Crippen LogP contribution in [-0.4, -0.2) is 55.2 Å². The lowest BCUT2D eigenvalue weighted by Gasteiger charge is -2.34. The van der Waals surface area contributed by atoms with Gasteiger partial charge in [0.2, 0.25) is 5.91 Å². The summed E-state index contributed by atoms with van der Waals surface area (Å²) in [5.41, 5.74) is 5.46. The van der Waals surface area contributed by atoms with Crippen LogP contribution in [0.5, 0.6) is 0 Å². The maximum Gasteiger partial charge on any atom is 0.235 e. The number of rotatable bonds is 8. The lowest BCUT2D eigenvalue weighted by Crippen LogP contribution is -2.53. The molecule has 0 aromatic carbocycles. The Hall–Kier alpha value is -0.650. The van der Waals surface area contributed by atoms with E-state index in [0.29, 0.717) is 12.6 Å². The number of amides is 1. The third-order valence-corrected chi connectivity index (χ3v) is 3.34. The molecule has 0 saturated carbocycles. The Morgan fingerprint density at radius 3 is 2.84 bits per heavy atom. The Bertz CT molecular complexity index is 271. The number of nitrogens with one attached hydrogen (secondary N) is 1. The summed E-state index contributed by atoms with van der Waals surface area (Å²) in [5.74, 6) is -0.273. The van der Waals surface area contributed by atoms with Gasteiger partial charge in [-0.25, -0.2) is 0 Å². The second kappa shape index (κ2) is 8.51. The van der Waals surface area contributed by atoms with Gasteiger partial charge in [-0.3, -0.25) is 9.69 Å². The monoisotopic (exact) mass is 271 g/mol. The highest BCUT2D eigenvalue weighted by Gasteiger charge is 2.25. The molecule has 1 heterocycles. The van der Waals surface area contributed by atoms with Crippen molar-refractivity contribution in [2.75, 3.05) is 26.2 Å². The molecule has 112 valence electrons. The zero-order valence-electron chi connectivity index (χ0n) is 12.5. The summed E-state index contributed by atoms with van der Waals surface area (Å²) in [6.45, 7) is 9.61. The maximum atomic E-state index is 11.5. The second-order valence-corrected chi connectivity index (χ2v) is 5.67. The van der Waals surface area contributed by atoms with Gasteiger partial charge in [-0.15, -0.1) is 0 Å². The molecule has 1 saturated heterocycles. The first kappa shape index (κ1) is 16.4. The van der Waals surface area contributed by atoms with E-state index in [1.807, 2.05) is 13.8 Å². The van der Waals surface area contributed by atoms with Crippen molar-refractivity contribution in [1.82, 2.24) is 10.2 Å². The van der Waals surface area contributed by atoms with Crippen LogP contribution in [0, 0.1) is 0 Å². The van der Waals surface area contributed by atoms with Crippen molar-refractivity contribution in [3.63, 3.8) is 0 Å². The van der Waals surface area contributed by atoms with Crippen LogP contribution in [0.4, 0.5) is 0 Å². The minimum absolute atomic E-state index is 0.259. The van der Waals surface area contributed by atoms with E-state index in [0.717, 1.165) is 39.0 Å². The Labute approximate surface area is 116 Å². The predicted octanol–water partition coefficient (Wildman–Crippen LogP) is 0.729. The molecule has 3 N–H and O–H groups in total. The van der Waals surface area contributed by atoms with E-state index in [4.69, 9.17) is 10.5 Å². The molecule has 1 rings (SSSR count). The Balaban J connectivity index is 2.42. The lowest BCUT2D eigenvalue weighted by molar-refractivity contribution is -0.121. The van der Waals surface area contributed by atoms with Crippen molar-refractivity contribution in [3.05, 3.63) is 0 Å². The van der Waals surface area contributed by atoms with Gasteiger partial charge in [-0.2, -0.15) is 0 Å². The number of piperidine rings is 1. The number of carbonyl (C=O) groups is 1. The number of nitrogens with two attached hydrogens (primary N) is 1. The van der Waals surface area contributed by atoms with Crippen molar-refractivity contribution < 1.29 is 9.53 Å². The van der Waals surface area contributed by atoms with Crippen LogP contribution in [0.2, 0.25) is 0 Å². The molecule has 2 unspecified atom stereocenters. The Morgan fingerprint density at radius 2 is 2.26 bits per heavy atom. The van der Waals surface area contributed by atoms with Crippen LogP contribution in [0.3, 0.4) is 0 Å². The summed E-state index contributed by atoms with van der Waals surface area (Å²) in [5, 5.41) is 3.23. The largest absolute Gasteiger partial charge is 0.377 e. The van der Waals surface area contributed by atoms with E-state index in [1.54, 1.807) is 0 Å². The average molecular weight is 271 g/mol. The molecule has 19 heavy (non-hydrogen) atoms. The Kier molecular flexibility index (Phi) is 7.34. The molecule has 0 bridgehead atoms. The lowest BCUT2D eigenvalue weighted by atomic mass is 10.1. The topological polar surface area (TPSA) is 67.6 Å². The highest BCUT2D eigenvalue weighted by Crippen LogP contribution is 2.13. The highest BCUT2D eigenvalue weighted by molar-refractivity contribution is 5.80. The van der Waals surface area contributed by atoms with Gasteiger partial charge in [0, 0.05) is 25.7 Å².